The van der Waals surface area contributed by atoms with Crippen LogP contribution in [-0.4, -0.2) is 6.79 Å². The molecule has 0 N–H and O–H groups in total. The van der Waals surface area contributed by atoms with Crippen molar-refractivity contribution in [2.75, 3.05) is 0 Å². The highest BCUT2D eigenvalue weighted by atomic mass is 16.5. The first-order valence-electron chi connectivity index (χ1n) is 6.62. The van der Waals surface area contributed by atoms with Gasteiger partial charge in [0.25, 0.3) is 0 Å². The van der Waals surface area contributed by atoms with Crippen LogP contribution in [0.1, 0.15) is 31.9 Å². The van der Waals surface area contributed by atoms with Crippen LogP contribution in [0.2, 0.25) is 0 Å². The number of rotatable bonds is 3. The molecule has 20 heavy (non-hydrogen) atoms. The lowest BCUT2D eigenvalue weighted by atomic mass is 9.86. The maximum Gasteiger partial charge on any atom is 0.123 e. The van der Waals surface area contributed by atoms with Gasteiger partial charge >= 0.3 is 0 Å². The van der Waals surface area contributed by atoms with Crippen molar-refractivity contribution >= 4 is 6.79 Å². The second-order valence-electron chi connectivity index (χ2n) is 5.52. The van der Waals surface area contributed by atoms with Crippen LogP contribution in [-0.2, 0) is 16.8 Å². The van der Waals surface area contributed by atoms with Gasteiger partial charge in [0.05, 0.1) is 0 Å². The minimum Gasteiger partial charge on any atom is -0.489 e. The van der Waals surface area contributed by atoms with Crippen LogP contribution >= 0.6 is 0 Å². The molecule has 0 radical (unpaired) electrons. The van der Waals surface area contributed by atoms with Gasteiger partial charge in [-0.05, 0) is 22.6 Å². The maximum atomic E-state index is 8.00. The maximum absolute atomic E-state index is 8.00. The van der Waals surface area contributed by atoms with Gasteiger partial charge in [-0.3, -0.25) is 0 Å². The minimum absolute atomic E-state index is 0.104. The van der Waals surface area contributed by atoms with Crippen molar-refractivity contribution in [2.45, 2.75) is 32.8 Å². The predicted octanol–water partition coefficient (Wildman–Crippen LogP) is 4.38. The molecule has 0 amide bonds. The lowest BCUT2D eigenvalue weighted by Gasteiger charge is -2.22. The summed E-state index contributed by atoms with van der Waals surface area (Å²) in [6.45, 7) is 9.24. The number of carbonyl (C=O) groups excluding carboxylic acids is 1. The Morgan fingerprint density at radius 3 is 2.05 bits per heavy atom. The summed E-state index contributed by atoms with van der Waals surface area (Å²) in [5.74, 6) is 0.980. The molecule has 2 aromatic carbocycles. The molecular weight excluding hydrogens is 248 g/mol. The Labute approximate surface area is 121 Å². The second-order valence-corrected chi connectivity index (χ2v) is 5.52. The van der Waals surface area contributed by atoms with Crippen LogP contribution in [0.3, 0.4) is 0 Å². The summed E-state index contributed by atoms with van der Waals surface area (Å²) < 4.78 is 5.95. The van der Waals surface area contributed by atoms with E-state index in [1.54, 1.807) is 0 Å². The van der Waals surface area contributed by atoms with E-state index in [1.165, 1.54) is 11.1 Å². The molecule has 0 atom stereocenters. The molecule has 0 fully saturated rings. The Morgan fingerprint density at radius 1 is 0.900 bits per heavy atom. The average Bonchev–Trinajstić information content (AvgIpc) is 2.48. The van der Waals surface area contributed by atoms with E-state index in [9.17, 15) is 0 Å². The molecule has 2 aromatic rings. The Bertz CT molecular complexity index is 512. The van der Waals surface area contributed by atoms with E-state index in [2.05, 4.69) is 45.0 Å². The molecule has 0 saturated carbocycles. The minimum atomic E-state index is 0.104. The fourth-order valence-electron chi connectivity index (χ4n) is 1.95. The zero-order chi connectivity index (χ0) is 15.0. The van der Waals surface area contributed by atoms with E-state index in [0.29, 0.717) is 6.61 Å². The second kappa shape index (κ2) is 7.49. The largest absolute Gasteiger partial charge is 0.489 e. The molecular formula is C18H22O2. The first-order chi connectivity index (χ1) is 9.57. The third-order valence-electron chi connectivity index (χ3n) is 2.93. The fourth-order valence-corrected chi connectivity index (χ4v) is 1.95. The van der Waals surface area contributed by atoms with E-state index in [4.69, 9.17) is 9.53 Å². The number of ether oxygens (including phenoxy) is 1. The standard InChI is InChI=1S/C17H20O.CH2O/c1-17(2,3)15-11-7-8-12-16(15)18-13-14-9-5-4-6-10-14;1-2/h4-12H,13H2,1-3H3;1H2. The van der Waals surface area contributed by atoms with Gasteiger partial charge < -0.3 is 9.53 Å². The van der Waals surface area contributed by atoms with Crippen molar-refractivity contribution in [1.82, 2.24) is 0 Å². The lowest BCUT2D eigenvalue weighted by Crippen LogP contribution is -2.13. The van der Waals surface area contributed by atoms with Crippen LogP contribution in [0.5, 0.6) is 5.75 Å². The molecule has 0 aliphatic heterocycles. The third kappa shape index (κ3) is 4.54. The van der Waals surface area contributed by atoms with Gasteiger partial charge in [-0.15, -0.1) is 0 Å². The highest BCUT2D eigenvalue weighted by molar-refractivity contribution is 5.38. The Hall–Kier alpha value is -2.09. The molecule has 0 aliphatic carbocycles. The topological polar surface area (TPSA) is 26.3 Å². The van der Waals surface area contributed by atoms with Crippen LogP contribution < -0.4 is 4.74 Å². The van der Waals surface area contributed by atoms with Gasteiger partial charge in [0, 0.05) is 0 Å². The zero-order valence-corrected chi connectivity index (χ0v) is 12.4. The molecule has 2 nitrogen and oxygen atoms in total. The van der Waals surface area contributed by atoms with Gasteiger partial charge in [-0.25, -0.2) is 0 Å². The van der Waals surface area contributed by atoms with Crippen molar-refractivity contribution < 1.29 is 9.53 Å². The molecule has 2 rings (SSSR count). The molecule has 106 valence electrons. The smallest absolute Gasteiger partial charge is 0.123 e. The normalized spacial score (nSPS) is 10.3. The monoisotopic (exact) mass is 270 g/mol. The summed E-state index contributed by atoms with van der Waals surface area (Å²) in [6.07, 6.45) is 0. The number of benzene rings is 2. The Balaban J connectivity index is 0.000000956. The molecule has 0 aliphatic rings. The summed E-state index contributed by atoms with van der Waals surface area (Å²) in [5.41, 5.74) is 2.55. The van der Waals surface area contributed by atoms with Gasteiger partial charge in [-0.1, -0.05) is 69.3 Å². The molecule has 0 unspecified atom stereocenters. The molecule has 0 saturated heterocycles. The Morgan fingerprint density at radius 2 is 1.45 bits per heavy atom. The average molecular weight is 270 g/mol. The summed E-state index contributed by atoms with van der Waals surface area (Å²) in [6, 6.07) is 18.5. The highest BCUT2D eigenvalue weighted by Crippen LogP contribution is 2.31. The summed E-state index contributed by atoms with van der Waals surface area (Å²) >= 11 is 0. The van der Waals surface area contributed by atoms with Gasteiger partial charge in [-0.2, -0.15) is 0 Å². The SMILES string of the molecule is C=O.CC(C)(C)c1ccccc1OCc1ccccc1. The Kier molecular flexibility index (Phi) is 5.98. The number of para-hydroxylation sites is 1. The van der Waals surface area contributed by atoms with E-state index in [1.807, 2.05) is 37.1 Å². The number of carbonyl (C=O) groups is 1. The van der Waals surface area contributed by atoms with Crippen LogP contribution in [0, 0.1) is 0 Å². The van der Waals surface area contributed by atoms with Crippen molar-refractivity contribution in [3.05, 3.63) is 65.7 Å². The third-order valence-corrected chi connectivity index (χ3v) is 2.93. The summed E-state index contributed by atoms with van der Waals surface area (Å²) in [4.78, 5) is 8.00. The van der Waals surface area contributed by atoms with Crippen molar-refractivity contribution in [1.29, 1.82) is 0 Å². The van der Waals surface area contributed by atoms with E-state index < -0.39 is 0 Å². The predicted molar refractivity (Wildman–Crippen MR) is 83.0 cm³/mol. The highest BCUT2D eigenvalue weighted by Gasteiger charge is 2.18. The number of hydrogen-bond donors (Lipinski definition) is 0. The van der Waals surface area contributed by atoms with E-state index in [0.717, 1.165) is 5.75 Å². The summed E-state index contributed by atoms with van der Waals surface area (Å²) in [7, 11) is 0. The quantitative estimate of drug-likeness (QED) is 0.827. The van der Waals surface area contributed by atoms with E-state index >= 15 is 0 Å². The van der Waals surface area contributed by atoms with E-state index in [-0.39, 0.29) is 5.41 Å². The summed E-state index contributed by atoms with van der Waals surface area (Å²) in [5, 5.41) is 0. The van der Waals surface area contributed by atoms with Gasteiger partial charge in [0.15, 0.2) is 0 Å². The molecule has 0 heterocycles. The van der Waals surface area contributed by atoms with Crippen LogP contribution in [0.15, 0.2) is 54.6 Å². The van der Waals surface area contributed by atoms with Gasteiger partial charge in [0.1, 0.15) is 19.1 Å². The first-order valence-corrected chi connectivity index (χ1v) is 6.62. The zero-order valence-electron chi connectivity index (χ0n) is 12.4. The van der Waals surface area contributed by atoms with Crippen LogP contribution in [0.4, 0.5) is 0 Å². The van der Waals surface area contributed by atoms with Gasteiger partial charge in [0.2, 0.25) is 0 Å². The first kappa shape index (κ1) is 16.0. The molecule has 2 heteroatoms. The number of hydrogen-bond acceptors (Lipinski definition) is 2. The molecule has 0 spiro atoms. The van der Waals surface area contributed by atoms with Crippen LogP contribution in [0.25, 0.3) is 0 Å². The lowest BCUT2D eigenvalue weighted by molar-refractivity contribution is -0.0979. The van der Waals surface area contributed by atoms with Crippen molar-refractivity contribution in [3.63, 3.8) is 0 Å². The van der Waals surface area contributed by atoms with Crippen molar-refractivity contribution in [3.8, 4) is 5.75 Å². The molecule has 0 aromatic heterocycles. The van der Waals surface area contributed by atoms with Crippen molar-refractivity contribution in [2.24, 2.45) is 0 Å². The fraction of sp³-hybridized carbons (Fsp3) is 0.278. The molecule has 0 bridgehead atoms.